The van der Waals surface area contributed by atoms with E-state index in [1.807, 2.05) is 6.92 Å². The number of rotatable bonds is 5. The molecule has 2 atom stereocenters. The number of benzene rings is 1. The fourth-order valence-electron chi connectivity index (χ4n) is 3.68. The number of aryl methyl sites for hydroxylation is 1. The minimum absolute atomic E-state index is 0.267. The van der Waals surface area contributed by atoms with Crippen LogP contribution in [0.25, 0.3) is 10.9 Å². The van der Waals surface area contributed by atoms with Crippen molar-refractivity contribution in [2.45, 2.75) is 45.8 Å². The van der Waals surface area contributed by atoms with E-state index in [2.05, 4.69) is 54.0 Å². The van der Waals surface area contributed by atoms with Crippen LogP contribution in [0.5, 0.6) is 0 Å². The quantitative estimate of drug-likeness (QED) is 0.916. The van der Waals surface area contributed by atoms with Gasteiger partial charge in [0.05, 0.1) is 11.6 Å². The third-order valence-corrected chi connectivity index (χ3v) is 4.86. The van der Waals surface area contributed by atoms with Crippen molar-refractivity contribution in [2.75, 3.05) is 31.1 Å². The summed E-state index contributed by atoms with van der Waals surface area (Å²) in [5.41, 5.74) is 3.59. The summed E-state index contributed by atoms with van der Waals surface area (Å²) >= 11 is 0. The van der Waals surface area contributed by atoms with Crippen LogP contribution in [0.2, 0.25) is 0 Å². The summed E-state index contributed by atoms with van der Waals surface area (Å²) in [5, 5.41) is 10.9. The Kier molecular flexibility index (Phi) is 5.36. The zero-order valence-corrected chi connectivity index (χ0v) is 15.1. The fraction of sp³-hybridized carbons (Fsp3) is 0.550. The molecule has 1 saturated heterocycles. The number of hydrogen-bond donors (Lipinski definition) is 1. The molecular weight excluding hydrogens is 298 g/mol. The highest BCUT2D eigenvalue weighted by molar-refractivity contribution is 5.92. The highest BCUT2D eigenvalue weighted by atomic mass is 16.3. The Morgan fingerprint density at radius 1 is 1.29 bits per heavy atom. The van der Waals surface area contributed by atoms with Crippen LogP contribution in [0.4, 0.5) is 5.69 Å². The lowest BCUT2D eigenvalue weighted by atomic mass is 10.1. The highest BCUT2D eigenvalue weighted by Crippen LogP contribution is 2.29. The SMILES string of the molecule is CCCc1cc(N2CCN(CC(C)O)C(C)C2)c2ccccc2n1. The highest BCUT2D eigenvalue weighted by Gasteiger charge is 2.25. The maximum atomic E-state index is 9.68. The standard InChI is InChI=1S/C20H29N3O/c1-4-7-17-12-20(18-8-5-6-9-19(18)21-17)23-11-10-22(14-16(3)24)15(2)13-23/h5-6,8-9,12,15-16,24H,4,7,10-11,13-14H2,1-3H3. The Morgan fingerprint density at radius 3 is 2.79 bits per heavy atom. The van der Waals surface area contributed by atoms with Gasteiger partial charge in [0.15, 0.2) is 0 Å². The van der Waals surface area contributed by atoms with Crippen LogP contribution < -0.4 is 4.90 Å². The molecule has 2 aromatic rings. The van der Waals surface area contributed by atoms with Gasteiger partial charge in [0.1, 0.15) is 0 Å². The summed E-state index contributed by atoms with van der Waals surface area (Å²) in [5.74, 6) is 0. The lowest BCUT2D eigenvalue weighted by Gasteiger charge is -2.41. The molecule has 0 radical (unpaired) electrons. The van der Waals surface area contributed by atoms with E-state index < -0.39 is 0 Å². The first-order chi connectivity index (χ1) is 11.6. The molecule has 0 spiro atoms. The van der Waals surface area contributed by atoms with Crippen LogP contribution in [0.3, 0.4) is 0 Å². The van der Waals surface area contributed by atoms with Crippen LogP contribution in [-0.2, 0) is 6.42 Å². The van der Waals surface area contributed by atoms with Crippen molar-refractivity contribution in [3.8, 4) is 0 Å². The predicted octanol–water partition coefficient (Wildman–Crippen LogP) is 3.08. The topological polar surface area (TPSA) is 39.6 Å². The van der Waals surface area contributed by atoms with Gasteiger partial charge in [-0.15, -0.1) is 0 Å². The van der Waals surface area contributed by atoms with Crippen LogP contribution in [0, 0.1) is 0 Å². The fourth-order valence-corrected chi connectivity index (χ4v) is 3.68. The van der Waals surface area contributed by atoms with Gasteiger partial charge < -0.3 is 10.0 Å². The maximum Gasteiger partial charge on any atom is 0.0726 e. The summed E-state index contributed by atoms with van der Waals surface area (Å²) in [6.45, 7) is 10.1. The molecule has 0 aliphatic carbocycles. The summed E-state index contributed by atoms with van der Waals surface area (Å²) in [7, 11) is 0. The summed E-state index contributed by atoms with van der Waals surface area (Å²) in [6, 6.07) is 11.2. The number of aromatic nitrogens is 1. The number of para-hydroxylation sites is 1. The third kappa shape index (κ3) is 3.70. The van der Waals surface area contributed by atoms with Gasteiger partial charge in [-0.3, -0.25) is 9.88 Å². The van der Waals surface area contributed by atoms with E-state index in [1.54, 1.807) is 0 Å². The molecule has 1 N–H and O–H groups in total. The number of nitrogens with zero attached hydrogens (tertiary/aromatic N) is 3. The van der Waals surface area contributed by atoms with E-state index in [1.165, 1.54) is 16.8 Å². The molecule has 4 heteroatoms. The zero-order valence-electron chi connectivity index (χ0n) is 15.1. The molecule has 1 aromatic heterocycles. The smallest absolute Gasteiger partial charge is 0.0726 e. The summed E-state index contributed by atoms with van der Waals surface area (Å²) in [6.07, 6.45) is 1.87. The van der Waals surface area contributed by atoms with Gasteiger partial charge in [-0.05, 0) is 32.4 Å². The molecule has 4 nitrogen and oxygen atoms in total. The van der Waals surface area contributed by atoms with Crippen molar-refractivity contribution in [1.82, 2.24) is 9.88 Å². The van der Waals surface area contributed by atoms with Crippen molar-refractivity contribution in [3.05, 3.63) is 36.0 Å². The number of aliphatic hydroxyl groups is 1. The maximum absolute atomic E-state index is 9.68. The second-order valence-corrected chi connectivity index (χ2v) is 7.04. The first-order valence-electron chi connectivity index (χ1n) is 9.14. The molecule has 0 saturated carbocycles. The van der Waals surface area contributed by atoms with Gasteiger partial charge in [0.25, 0.3) is 0 Å². The molecular formula is C20H29N3O. The van der Waals surface area contributed by atoms with Gasteiger partial charge in [0, 0.05) is 49.0 Å². The van der Waals surface area contributed by atoms with E-state index in [9.17, 15) is 5.11 Å². The molecule has 0 amide bonds. The Morgan fingerprint density at radius 2 is 2.08 bits per heavy atom. The molecule has 1 aliphatic rings. The van der Waals surface area contributed by atoms with Crippen molar-refractivity contribution >= 4 is 16.6 Å². The van der Waals surface area contributed by atoms with Crippen LogP contribution in [0.1, 0.15) is 32.9 Å². The normalized spacial score (nSPS) is 20.5. The number of anilines is 1. The molecule has 2 heterocycles. The number of pyridine rings is 1. The van der Waals surface area contributed by atoms with Crippen LogP contribution >= 0.6 is 0 Å². The van der Waals surface area contributed by atoms with E-state index in [0.717, 1.165) is 44.5 Å². The lowest BCUT2D eigenvalue weighted by Crippen LogP contribution is -2.53. The molecule has 3 rings (SSSR count). The summed E-state index contributed by atoms with van der Waals surface area (Å²) < 4.78 is 0. The largest absolute Gasteiger partial charge is 0.392 e. The third-order valence-electron chi connectivity index (χ3n) is 4.86. The van der Waals surface area contributed by atoms with Crippen molar-refractivity contribution in [2.24, 2.45) is 0 Å². The molecule has 24 heavy (non-hydrogen) atoms. The monoisotopic (exact) mass is 327 g/mol. The van der Waals surface area contributed by atoms with Gasteiger partial charge in [-0.25, -0.2) is 0 Å². The van der Waals surface area contributed by atoms with Crippen molar-refractivity contribution in [3.63, 3.8) is 0 Å². The number of aliphatic hydroxyl groups excluding tert-OH is 1. The molecule has 2 unspecified atom stereocenters. The molecule has 130 valence electrons. The van der Waals surface area contributed by atoms with Crippen molar-refractivity contribution in [1.29, 1.82) is 0 Å². The number of fused-ring (bicyclic) bond motifs is 1. The first-order valence-corrected chi connectivity index (χ1v) is 9.14. The Hall–Kier alpha value is -1.65. The zero-order chi connectivity index (χ0) is 17.1. The lowest BCUT2D eigenvalue weighted by molar-refractivity contribution is 0.0960. The second kappa shape index (κ2) is 7.49. The van der Waals surface area contributed by atoms with Gasteiger partial charge >= 0.3 is 0 Å². The Labute approximate surface area is 145 Å². The number of hydrogen-bond acceptors (Lipinski definition) is 4. The minimum Gasteiger partial charge on any atom is -0.392 e. The second-order valence-electron chi connectivity index (χ2n) is 7.04. The summed E-state index contributed by atoms with van der Waals surface area (Å²) in [4.78, 5) is 9.70. The van der Waals surface area contributed by atoms with Crippen molar-refractivity contribution < 1.29 is 5.11 Å². The molecule has 0 bridgehead atoms. The van der Waals surface area contributed by atoms with Crippen LogP contribution in [-0.4, -0.2) is 53.3 Å². The van der Waals surface area contributed by atoms with Gasteiger partial charge in [-0.2, -0.15) is 0 Å². The average molecular weight is 327 g/mol. The molecule has 1 aliphatic heterocycles. The number of β-amino-alcohol motifs (C(OH)–C–C–N with tert-alkyl or cyclic N) is 1. The average Bonchev–Trinajstić information content (AvgIpc) is 2.56. The molecule has 1 aromatic carbocycles. The van der Waals surface area contributed by atoms with Crippen LogP contribution in [0.15, 0.2) is 30.3 Å². The Bertz CT molecular complexity index is 686. The van der Waals surface area contributed by atoms with E-state index >= 15 is 0 Å². The van der Waals surface area contributed by atoms with Gasteiger partial charge in [0.2, 0.25) is 0 Å². The van der Waals surface area contributed by atoms with E-state index in [0.29, 0.717) is 6.04 Å². The van der Waals surface area contributed by atoms with Gasteiger partial charge in [-0.1, -0.05) is 31.5 Å². The predicted molar refractivity (Wildman–Crippen MR) is 101 cm³/mol. The van der Waals surface area contributed by atoms with E-state index in [-0.39, 0.29) is 6.10 Å². The Balaban J connectivity index is 1.89. The van der Waals surface area contributed by atoms with E-state index in [4.69, 9.17) is 4.98 Å². The number of piperazine rings is 1. The molecule has 1 fully saturated rings. The first kappa shape index (κ1) is 17.2. The minimum atomic E-state index is -0.267.